The summed E-state index contributed by atoms with van der Waals surface area (Å²) < 4.78 is 15.5. The van der Waals surface area contributed by atoms with Gasteiger partial charge in [0, 0.05) is 6.08 Å². The van der Waals surface area contributed by atoms with E-state index < -0.39 is 80.9 Å². The maximum Gasteiger partial charge on any atom is 0.330 e. The first-order chi connectivity index (χ1) is 15.6. The molecule has 0 unspecified atom stereocenters. The molecule has 2 rings (SSSR count). The number of carbonyl (C=O) groups is 1. The monoisotopic (exact) mass is 474 g/mol. The van der Waals surface area contributed by atoms with E-state index in [9.17, 15) is 40.5 Å². The highest BCUT2D eigenvalue weighted by Gasteiger charge is 2.45. The van der Waals surface area contributed by atoms with Crippen molar-refractivity contribution in [2.75, 3.05) is 19.8 Å². The second kappa shape index (κ2) is 13.1. The Hall–Kier alpha value is -1.97. The molecule has 1 aromatic rings. The molecule has 1 aliphatic heterocycles. The van der Waals surface area contributed by atoms with E-state index in [-0.39, 0.29) is 0 Å². The summed E-state index contributed by atoms with van der Waals surface area (Å²) >= 11 is 0. The third kappa shape index (κ3) is 7.79. The Morgan fingerprint density at radius 3 is 2.24 bits per heavy atom. The molecule has 0 bridgehead atoms. The summed E-state index contributed by atoms with van der Waals surface area (Å²) in [5.74, 6) is -0.747. The normalized spacial score (nSPS) is 29.4. The smallest absolute Gasteiger partial charge is 0.330 e. The van der Waals surface area contributed by atoms with Crippen molar-refractivity contribution in [3.63, 3.8) is 0 Å². The number of esters is 1. The van der Waals surface area contributed by atoms with Crippen molar-refractivity contribution in [3.05, 3.63) is 42.0 Å². The first-order valence-electron chi connectivity index (χ1n) is 10.2. The van der Waals surface area contributed by atoms with Crippen LogP contribution < -0.4 is 0 Å². The molecule has 1 fully saturated rings. The van der Waals surface area contributed by atoms with Gasteiger partial charge in [-0.05, 0) is 11.6 Å². The molecule has 1 aliphatic rings. The fourth-order valence-electron chi connectivity index (χ4n) is 2.99. The predicted molar refractivity (Wildman–Crippen MR) is 110 cm³/mol. The van der Waals surface area contributed by atoms with Gasteiger partial charge in [-0.3, -0.25) is 0 Å². The molecule has 0 radical (unpaired) electrons. The van der Waals surface area contributed by atoms with Crippen LogP contribution >= 0.6 is 0 Å². The van der Waals surface area contributed by atoms with Gasteiger partial charge >= 0.3 is 5.97 Å². The van der Waals surface area contributed by atoms with Crippen molar-refractivity contribution in [1.82, 2.24) is 0 Å². The van der Waals surface area contributed by atoms with Gasteiger partial charge in [0.2, 0.25) is 0 Å². The second-order valence-electron chi connectivity index (χ2n) is 7.52. The van der Waals surface area contributed by atoms with E-state index in [1.54, 1.807) is 24.3 Å². The van der Waals surface area contributed by atoms with Gasteiger partial charge in [-0.1, -0.05) is 30.3 Å². The molecule has 1 saturated heterocycles. The summed E-state index contributed by atoms with van der Waals surface area (Å²) in [5.41, 5.74) is 0.757. The zero-order valence-electron chi connectivity index (χ0n) is 17.6. The lowest BCUT2D eigenvalue weighted by molar-refractivity contribution is -0.307. The van der Waals surface area contributed by atoms with E-state index in [0.29, 0.717) is 0 Å². The van der Waals surface area contributed by atoms with Gasteiger partial charge in [-0.15, -0.1) is 0 Å². The van der Waals surface area contributed by atoms with Crippen LogP contribution in [0, 0.1) is 0 Å². The Morgan fingerprint density at radius 2 is 1.61 bits per heavy atom. The molecule has 0 aromatic heterocycles. The number of carbonyl (C=O) groups excluding carboxylic acids is 1. The van der Waals surface area contributed by atoms with Crippen LogP contribution in [0.2, 0.25) is 0 Å². The molecule has 0 spiro atoms. The van der Waals surface area contributed by atoms with E-state index in [4.69, 9.17) is 19.3 Å². The van der Waals surface area contributed by atoms with Gasteiger partial charge in [0.05, 0.1) is 13.2 Å². The average molecular weight is 474 g/mol. The summed E-state index contributed by atoms with van der Waals surface area (Å²) in [7, 11) is 0. The molecule has 1 heterocycles. The predicted octanol–water partition coefficient (Wildman–Crippen LogP) is -3.50. The van der Waals surface area contributed by atoms with Gasteiger partial charge in [0.25, 0.3) is 0 Å². The fourth-order valence-corrected chi connectivity index (χ4v) is 2.99. The minimum atomic E-state index is -1.91. The SMILES string of the molecule is O=C(/C=C/c1ccccc1)OC[C@H]1O[C@@H](OC[C@@H](O)[C@@H](O)[C@H](O)[C@H](O)CO)[C@H](O)[C@@H](O)[C@@H]1O. The Kier molecular flexibility index (Phi) is 10.8. The molecule has 0 aliphatic carbocycles. The molecule has 33 heavy (non-hydrogen) atoms. The third-order valence-corrected chi connectivity index (χ3v) is 5.03. The minimum absolute atomic E-state index is 0.491. The first kappa shape index (κ1) is 27.3. The summed E-state index contributed by atoms with van der Waals surface area (Å²) in [5, 5.41) is 77.6. The number of hydrogen-bond donors (Lipinski definition) is 8. The number of aliphatic hydroxyl groups is 8. The van der Waals surface area contributed by atoms with Gasteiger partial charge < -0.3 is 55.1 Å². The van der Waals surface area contributed by atoms with Crippen molar-refractivity contribution >= 4 is 12.0 Å². The minimum Gasteiger partial charge on any atom is -0.460 e. The molecule has 12 heteroatoms. The van der Waals surface area contributed by atoms with Crippen LogP contribution in [-0.2, 0) is 19.0 Å². The average Bonchev–Trinajstić information content (AvgIpc) is 2.83. The van der Waals surface area contributed by atoms with Gasteiger partial charge in [0.15, 0.2) is 6.29 Å². The van der Waals surface area contributed by atoms with Crippen molar-refractivity contribution in [2.24, 2.45) is 0 Å². The lowest BCUT2D eigenvalue weighted by Crippen LogP contribution is -2.60. The standard InChI is InChI=1S/C21H30O12/c22-8-12(23)16(26)17(27)13(24)9-32-21-20(30)19(29)18(28)14(33-21)10-31-15(25)7-6-11-4-2-1-3-5-11/h1-7,12-14,16-24,26-30H,8-10H2/b7-6+/t12-,13-,14-,16-,17-,18-,19+,20-,21-/m1/s1. The van der Waals surface area contributed by atoms with Crippen molar-refractivity contribution < 1.29 is 59.9 Å². The first-order valence-corrected chi connectivity index (χ1v) is 10.2. The number of benzene rings is 1. The number of rotatable bonds is 11. The van der Waals surface area contributed by atoms with E-state index in [1.807, 2.05) is 6.07 Å². The van der Waals surface area contributed by atoms with Crippen molar-refractivity contribution in [1.29, 1.82) is 0 Å². The molecule has 0 amide bonds. The highest BCUT2D eigenvalue weighted by molar-refractivity contribution is 5.87. The topological polar surface area (TPSA) is 207 Å². The quantitative estimate of drug-likeness (QED) is 0.116. The van der Waals surface area contributed by atoms with Crippen LogP contribution in [-0.4, -0.2) is 122 Å². The molecule has 186 valence electrons. The van der Waals surface area contributed by atoms with Crippen LogP contribution in [0.4, 0.5) is 0 Å². The zero-order valence-corrected chi connectivity index (χ0v) is 17.6. The largest absolute Gasteiger partial charge is 0.460 e. The molecular weight excluding hydrogens is 444 g/mol. The van der Waals surface area contributed by atoms with E-state index in [1.165, 1.54) is 6.08 Å². The van der Waals surface area contributed by atoms with Gasteiger partial charge in [-0.25, -0.2) is 4.79 Å². The second-order valence-corrected chi connectivity index (χ2v) is 7.52. The van der Waals surface area contributed by atoms with Crippen LogP contribution in [0.1, 0.15) is 5.56 Å². The summed E-state index contributed by atoms with van der Waals surface area (Å²) in [6.45, 7) is -2.07. The molecule has 0 saturated carbocycles. The Bertz CT molecular complexity index is 744. The summed E-state index contributed by atoms with van der Waals surface area (Å²) in [4.78, 5) is 11.9. The van der Waals surface area contributed by atoms with E-state index in [2.05, 4.69) is 0 Å². The van der Waals surface area contributed by atoms with E-state index in [0.717, 1.165) is 11.6 Å². The number of ether oxygens (including phenoxy) is 3. The molecule has 8 N–H and O–H groups in total. The van der Waals surface area contributed by atoms with Gasteiger partial charge in [0.1, 0.15) is 55.4 Å². The number of hydrogen-bond acceptors (Lipinski definition) is 12. The van der Waals surface area contributed by atoms with E-state index >= 15 is 0 Å². The lowest BCUT2D eigenvalue weighted by atomic mass is 9.99. The van der Waals surface area contributed by atoms with Crippen LogP contribution in [0.25, 0.3) is 6.08 Å². The van der Waals surface area contributed by atoms with Crippen LogP contribution in [0.3, 0.4) is 0 Å². The maximum atomic E-state index is 11.9. The third-order valence-electron chi connectivity index (χ3n) is 5.03. The molecule has 1 aromatic carbocycles. The fraction of sp³-hybridized carbons (Fsp3) is 0.571. The Balaban J connectivity index is 1.89. The van der Waals surface area contributed by atoms with Crippen LogP contribution in [0.15, 0.2) is 36.4 Å². The highest BCUT2D eigenvalue weighted by Crippen LogP contribution is 2.23. The highest BCUT2D eigenvalue weighted by atomic mass is 16.7. The van der Waals surface area contributed by atoms with Crippen molar-refractivity contribution in [2.45, 2.75) is 55.1 Å². The van der Waals surface area contributed by atoms with Crippen molar-refractivity contribution in [3.8, 4) is 0 Å². The molecule has 12 nitrogen and oxygen atoms in total. The lowest BCUT2D eigenvalue weighted by Gasteiger charge is -2.40. The van der Waals surface area contributed by atoms with Gasteiger partial charge in [-0.2, -0.15) is 0 Å². The zero-order chi connectivity index (χ0) is 24.5. The summed E-state index contributed by atoms with van der Waals surface area (Å²) in [6.07, 6.45) is -12.6. The van der Waals surface area contributed by atoms with Crippen LogP contribution in [0.5, 0.6) is 0 Å². The maximum absolute atomic E-state index is 11.9. The number of aliphatic hydroxyl groups excluding tert-OH is 8. The molecule has 9 atom stereocenters. The molecular formula is C21H30O12. The summed E-state index contributed by atoms with van der Waals surface area (Å²) in [6, 6.07) is 8.93. The Labute approximate surface area is 189 Å². The Morgan fingerprint density at radius 1 is 0.970 bits per heavy atom.